The van der Waals surface area contributed by atoms with Crippen molar-refractivity contribution in [1.82, 2.24) is 9.55 Å². The number of halogens is 1. The highest BCUT2D eigenvalue weighted by atomic mass is 35.5. The van der Waals surface area contributed by atoms with Crippen molar-refractivity contribution in [2.75, 3.05) is 11.1 Å². The predicted octanol–water partition coefficient (Wildman–Crippen LogP) is 4.75. The van der Waals surface area contributed by atoms with E-state index < -0.39 is 0 Å². The zero-order valence-corrected chi connectivity index (χ0v) is 17.6. The minimum atomic E-state index is -0.142. The Kier molecular flexibility index (Phi) is 6.42. The zero-order valence-electron chi connectivity index (χ0n) is 16.0. The van der Waals surface area contributed by atoms with E-state index in [1.54, 1.807) is 22.8 Å². The zero-order chi connectivity index (χ0) is 20.3. The fourth-order valence-corrected chi connectivity index (χ4v) is 3.84. The smallest absolute Gasteiger partial charge is 0.262 e. The third-order valence-electron chi connectivity index (χ3n) is 4.06. The van der Waals surface area contributed by atoms with Crippen LogP contribution in [0.25, 0.3) is 10.9 Å². The number of fused-ring (bicyclic) bond motifs is 1. The van der Waals surface area contributed by atoms with Crippen LogP contribution in [0.3, 0.4) is 0 Å². The molecule has 0 aliphatic heterocycles. The van der Waals surface area contributed by atoms with Crippen LogP contribution in [0.1, 0.15) is 19.4 Å². The highest BCUT2D eigenvalue weighted by Gasteiger charge is 2.15. The second-order valence-corrected chi connectivity index (χ2v) is 8.45. The van der Waals surface area contributed by atoms with Crippen molar-refractivity contribution in [3.8, 4) is 0 Å². The van der Waals surface area contributed by atoms with E-state index in [2.05, 4.69) is 10.3 Å². The number of carbonyl (C=O) groups is 1. The van der Waals surface area contributed by atoms with Gasteiger partial charge in [-0.1, -0.05) is 49.3 Å². The number of carbonyl (C=O) groups excluding carboxylic acids is 1. The Labute approximate surface area is 173 Å². The lowest BCUT2D eigenvalue weighted by Gasteiger charge is -2.15. The summed E-state index contributed by atoms with van der Waals surface area (Å²) in [6.07, 6.45) is 0. The van der Waals surface area contributed by atoms with E-state index in [1.165, 1.54) is 11.8 Å². The van der Waals surface area contributed by atoms with Crippen LogP contribution >= 0.6 is 23.4 Å². The number of nitrogens with one attached hydrogen (secondary N) is 1. The minimum absolute atomic E-state index is 0.136. The van der Waals surface area contributed by atoms with Crippen LogP contribution in [0, 0.1) is 12.8 Å². The standard InChI is InChI=1S/C21H22ClN3O2S/c1-13(2)11-25-20(27)17-10-15(22)7-8-18(17)24-21(25)28-12-19(26)23-16-6-4-5-14(3)9-16/h4-10,13H,11-12H2,1-3H3,(H,23,26). The lowest BCUT2D eigenvalue weighted by molar-refractivity contribution is -0.113. The molecule has 7 heteroatoms. The summed E-state index contributed by atoms with van der Waals surface area (Å²) in [6.45, 7) is 6.57. The van der Waals surface area contributed by atoms with Crippen LogP contribution in [-0.4, -0.2) is 21.2 Å². The first-order valence-electron chi connectivity index (χ1n) is 9.03. The molecule has 0 bridgehead atoms. The molecular formula is C21H22ClN3O2S. The molecule has 0 unspecified atom stereocenters. The van der Waals surface area contributed by atoms with Gasteiger partial charge in [0.15, 0.2) is 5.16 Å². The molecule has 0 aliphatic carbocycles. The Hall–Kier alpha value is -2.31. The first-order valence-corrected chi connectivity index (χ1v) is 10.4. The van der Waals surface area contributed by atoms with Crippen molar-refractivity contribution < 1.29 is 4.79 Å². The number of anilines is 1. The summed E-state index contributed by atoms with van der Waals surface area (Å²) in [4.78, 5) is 29.9. The lowest BCUT2D eigenvalue weighted by atomic mass is 10.2. The molecule has 28 heavy (non-hydrogen) atoms. The number of aromatic nitrogens is 2. The summed E-state index contributed by atoms with van der Waals surface area (Å²) in [5.74, 6) is 0.283. The van der Waals surface area contributed by atoms with Gasteiger partial charge in [0.2, 0.25) is 5.91 Å². The van der Waals surface area contributed by atoms with Crippen LogP contribution in [0.2, 0.25) is 5.02 Å². The highest BCUT2D eigenvalue weighted by Crippen LogP contribution is 2.21. The average molecular weight is 416 g/mol. The Morgan fingerprint density at radius 2 is 2.04 bits per heavy atom. The van der Waals surface area contributed by atoms with Crippen LogP contribution in [0.15, 0.2) is 52.4 Å². The van der Waals surface area contributed by atoms with Gasteiger partial charge in [-0.2, -0.15) is 0 Å². The maximum absolute atomic E-state index is 13.0. The molecule has 2 aromatic carbocycles. The minimum Gasteiger partial charge on any atom is -0.325 e. The number of hydrogen-bond acceptors (Lipinski definition) is 4. The first kappa shape index (κ1) is 20.4. The Morgan fingerprint density at radius 3 is 2.75 bits per heavy atom. The van der Waals surface area contributed by atoms with Gasteiger partial charge in [0.05, 0.1) is 16.7 Å². The highest BCUT2D eigenvalue weighted by molar-refractivity contribution is 7.99. The maximum atomic E-state index is 13.0. The van der Waals surface area contributed by atoms with Gasteiger partial charge >= 0.3 is 0 Å². The van der Waals surface area contributed by atoms with Gasteiger partial charge in [-0.25, -0.2) is 4.98 Å². The fraction of sp³-hybridized carbons (Fsp3) is 0.286. The van der Waals surface area contributed by atoms with E-state index in [0.29, 0.717) is 27.6 Å². The van der Waals surface area contributed by atoms with E-state index >= 15 is 0 Å². The lowest BCUT2D eigenvalue weighted by Crippen LogP contribution is -2.26. The molecule has 0 atom stereocenters. The van der Waals surface area contributed by atoms with Crippen molar-refractivity contribution >= 4 is 45.9 Å². The van der Waals surface area contributed by atoms with Crippen molar-refractivity contribution in [2.45, 2.75) is 32.5 Å². The fourth-order valence-electron chi connectivity index (χ4n) is 2.86. The summed E-state index contributed by atoms with van der Waals surface area (Å²) in [6, 6.07) is 12.7. The average Bonchev–Trinajstić information content (AvgIpc) is 2.63. The van der Waals surface area contributed by atoms with Crippen LogP contribution in [0.5, 0.6) is 0 Å². The van der Waals surface area contributed by atoms with Gasteiger partial charge in [-0.15, -0.1) is 0 Å². The van der Waals surface area contributed by atoms with E-state index in [1.807, 2.05) is 45.0 Å². The molecule has 3 aromatic rings. The van der Waals surface area contributed by atoms with Gasteiger partial charge in [0, 0.05) is 17.3 Å². The number of hydrogen-bond donors (Lipinski definition) is 1. The van der Waals surface area contributed by atoms with Crippen LogP contribution in [-0.2, 0) is 11.3 Å². The number of amides is 1. The van der Waals surface area contributed by atoms with Crippen molar-refractivity contribution in [3.05, 3.63) is 63.4 Å². The first-order chi connectivity index (χ1) is 13.3. The molecule has 146 valence electrons. The molecule has 1 heterocycles. The normalized spacial score (nSPS) is 11.2. The molecule has 0 radical (unpaired) electrons. The number of aryl methyl sites for hydroxylation is 1. The summed E-state index contributed by atoms with van der Waals surface area (Å²) in [5, 5.41) is 4.40. The van der Waals surface area contributed by atoms with E-state index in [-0.39, 0.29) is 23.1 Å². The number of nitrogens with zero attached hydrogens (tertiary/aromatic N) is 2. The van der Waals surface area contributed by atoms with Crippen molar-refractivity contribution in [3.63, 3.8) is 0 Å². The van der Waals surface area contributed by atoms with Crippen LogP contribution in [0.4, 0.5) is 5.69 Å². The molecule has 1 aromatic heterocycles. The second kappa shape index (κ2) is 8.80. The van der Waals surface area contributed by atoms with E-state index in [4.69, 9.17) is 11.6 Å². The molecule has 0 aliphatic rings. The predicted molar refractivity (Wildman–Crippen MR) is 116 cm³/mol. The molecule has 0 saturated heterocycles. The summed E-state index contributed by atoms with van der Waals surface area (Å²) in [5.41, 5.74) is 2.27. The maximum Gasteiger partial charge on any atom is 0.262 e. The van der Waals surface area contributed by atoms with Gasteiger partial charge in [0.25, 0.3) is 5.56 Å². The Balaban J connectivity index is 1.85. The van der Waals surface area contributed by atoms with Gasteiger partial charge in [0.1, 0.15) is 0 Å². The number of benzene rings is 2. The number of thioether (sulfide) groups is 1. The molecule has 5 nitrogen and oxygen atoms in total. The number of rotatable bonds is 6. The summed E-state index contributed by atoms with van der Waals surface area (Å²) < 4.78 is 1.63. The SMILES string of the molecule is Cc1cccc(NC(=O)CSc2nc3ccc(Cl)cc3c(=O)n2CC(C)C)c1. The topological polar surface area (TPSA) is 64.0 Å². The summed E-state index contributed by atoms with van der Waals surface area (Å²) in [7, 11) is 0. The van der Waals surface area contributed by atoms with Crippen molar-refractivity contribution in [1.29, 1.82) is 0 Å². The summed E-state index contributed by atoms with van der Waals surface area (Å²) >= 11 is 7.31. The molecule has 1 amide bonds. The molecule has 3 rings (SSSR count). The van der Waals surface area contributed by atoms with Crippen LogP contribution < -0.4 is 10.9 Å². The van der Waals surface area contributed by atoms with Gasteiger partial charge < -0.3 is 5.32 Å². The van der Waals surface area contributed by atoms with Gasteiger partial charge in [-0.05, 0) is 48.7 Å². The van der Waals surface area contributed by atoms with E-state index in [0.717, 1.165) is 11.3 Å². The second-order valence-electron chi connectivity index (χ2n) is 7.07. The van der Waals surface area contributed by atoms with E-state index in [9.17, 15) is 9.59 Å². The Bertz CT molecular complexity index is 1080. The monoisotopic (exact) mass is 415 g/mol. The molecular weight excluding hydrogens is 394 g/mol. The van der Waals surface area contributed by atoms with Crippen molar-refractivity contribution in [2.24, 2.45) is 5.92 Å². The quantitative estimate of drug-likeness (QED) is 0.466. The third kappa shape index (κ3) is 4.94. The molecule has 1 N–H and O–H groups in total. The third-order valence-corrected chi connectivity index (χ3v) is 5.27. The molecule has 0 fully saturated rings. The Morgan fingerprint density at radius 1 is 1.25 bits per heavy atom. The van der Waals surface area contributed by atoms with Gasteiger partial charge in [-0.3, -0.25) is 14.2 Å². The largest absolute Gasteiger partial charge is 0.325 e. The molecule has 0 spiro atoms. The molecule has 0 saturated carbocycles.